The number of ether oxygens (including phenoxy) is 2. The third-order valence-corrected chi connectivity index (χ3v) is 3.37. The molecule has 0 saturated carbocycles. The second-order valence-corrected chi connectivity index (χ2v) is 4.63. The van der Waals surface area contributed by atoms with Gasteiger partial charge in [-0.25, -0.2) is 0 Å². The molecule has 1 N–H and O–H groups in total. The fourth-order valence-electron chi connectivity index (χ4n) is 2.60. The molecule has 1 aliphatic heterocycles. The third kappa shape index (κ3) is 2.01. The highest BCUT2D eigenvalue weighted by Crippen LogP contribution is 2.40. The smallest absolute Gasteiger partial charge is 0.262 e. The average Bonchev–Trinajstić information content (AvgIpc) is 2.46. The first kappa shape index (κ1) is 13.4. The van der Waals surface area contributed by atoms with E-state index in [1.54, 1.807) is 12.1 Å². The summed E-state index contributed by atoms with van der Waals surface area (Å²) in [4.78, 5) is 24.2. The van der Waals surface area contributed by atoms with Gasteiger partial charge in [0.1, 0.15) is 0 Å². The Morgan fingerprint density at radius 1 is 1.05 bits per heavy atom. The van der Waals surface area contributed by atoms with Gasteiger partial charge in [0.05, 0.1) is 18.8 Å². The van der Waals surface area contributed by atoms with Crippen LogP contribution in [0, 0.1) is 0 Å². The lowest BCUT2D eigenvalue weighted by Gasteiger charge is -2.21. The van der Waals surface area contributed by atoms with Crippen molar-refractivity contribution in [2.24, 2.45) is 0 Å². The minimum absolute atomic E-state index is 0.369. The van der Waals surface area contributed by atoms with Crippen molar-refractivity contribution in [3.05, 3.63) is 35.4 Å². The van der Waals surface area contributed by atoms with Crippen molar-refractivity contribution in [2.45, 2.75) is 13.8 Å². The maximum absolute atomic E-state index is 12.3. The lowest BCUT2D eigenvalue weighted by Crippen LogP contribution is -2.35. The van der Waals surface area contributed by atoms with Crippen LogP contribution in [0.2, 0.25) is 0 Å². The van der Waals surface area contributed by atoms with Crippen molar-refractivity contribution >= 4 is 22.6 Å². The summed E-state index contributed by atoms with van der Waals surface area (Å²) in [5, 5.41) is 3.76. The van der Waals surface area contributed by atoms with Crippen LogP contribution in [0.15, 0.2) is 24.3 Å². The van der Waals surface area contributed by atoms with Gasteiger partial charge in [-0.3, -0.25) is 14.9 Å². The van der Waals surface area contributed by atoms with Crippen LogP contribution in [-0.2, 0) is 0 Å². The number of hydrogen-bond acceptors (Lipinski definition) is 4. The highest BCUT2D eigenvalue weighted by atomic mass is 16.5. The number of nitrogens with one attached hydrogen (secondary N) is 1. The summed E-state index contributed by atoms with van der Waals surface area (Å²) in [6, 6.07) is 7.14. The molecule has 1 aliphatic rings. The standard InChI is InChI=1S/C16H15NO4/c1-3-20-11-8-9-6-5-7-10-12(9)13(14(11)21-4-2)16(19)17-15(10)18/h5-8H,3-4H2,1-2H3,(H,17,18,19). The predicted molar refractivity (Wildman–Crippen MR) is 78.1 cm³/mol. The predicted octanol–water partition coefficient (Wildman–Crippen LogP) is 2.52. The van der Waals surface area contributed by atoms with Crippen LogP contribution in [0.3, 0.4) is 0 Å². The van der Waals surface area contributed by atoms with E-state index in [0.29, 0.717) is 41.2 Å². The van der Waals surface area contributed by atoms with Gasteiger partial charge in [-0.15, -0.1) is 0 Å². The summed E-state index contributed by atoms with van der Waals surface area (Å²) in [5.41, 5.74) is 0.846. The molecule has 3 rings (SSSR count). The molecule has 108 valence electrons. The van der Waals surface area contributed by atoms with Crippen LogP contribution in [0.4, 0.5) is 0 Å². The average molecular weight is 285 g/mol. The first-order chi connectivity index (χ1) is 10.2. The molecule has 0 bridgehead atoms. The molecule has 0 aromatic heterocycles. The van der Waals surface area contributed by atoms with E-state index >= 15 is 0 Å². The second-order valence-electron chi connectivity index (χ2n) is 4.63. The Bertz CT molecular complexity index is 752. The SMILES string of the molecule is CCOc1cc2cccc3c2c(c1OCC)C(=O)NC3=O. The molecule has 0 atom stereocenters. The minimum atomic E-state index is -0.450. The molecule has 2 aromatic rings. The van der Waals surface area contributed by atoms with E-state index in [1.165, 1.54) is 0 Å². The van der Waals surface area contributed by atoms with Crippen LogP contribution < -0.4 is 14.8 Å². The van der Waals surface area contributed by atoms with E-state index in [9.17, 15) is 9.59 Å². The lowest BCUT2D eigenvalue weighted by atomic mass is 9.94. The monoisotopic (exact) mass is 285 g/mol. The van der Waals surface area contributed by atoms with Gasteiger partial charge in [0, 0.05) is 10.9 Å². The molecule has 5 nitrogen and oxygen atoms in total. The second kappa shape index (κ2) is 5.09. The molecule has 1 heterocycles. The van der Waals surface area contributed by atoms with E-state index < -0.39 is 5.91 Å². The number of amides is 2. The maximum Gasteiger partial charge on any atom is 0.262 e. The Kier molecular flexibility index (Phi) is 3.25. The molecule has 0 aliphatic carbocycles. The van der Waals surface area contributed by atoms with Crippen LogP contribution in [0.5, 0.6) is 11.5 Å². The van der Waals surface area contributed by atoms with E-state index in [4.69, 9.17) is 9.47 Å². The van der Waals surface area contributed by atoms with E-state index in [2.05, 4.69) is 5.32 Å². The fourth-order valence-corrected chi connectivity index (χ4v) is 2.60. The van der Waals surface area contributed by atoms with Gasteiger partial charge in [-0.2, -0.15) is 0 Å². The highest BCUT2D eigenvalue weighted by molar-refractivity contribution is 6.27. The Balaban J connectivity index is 2.41. The van der Waals surface area contributed by atoms with Gasteiger partial charge in [0.15, 0.2) is 11.5 Å². The number of carbonyl (C=O) groups excluding carboxylic acids is 2. The largest absolute Gasteiger partial charge is 0.490 e. The van der Waals surface area contributed by atoms with Crippen molar-refractivity contribution in [1.82, 2.24) is 5.32 Å². The van der Waals surface area contributed by atoms with E-state index in [1.807, 2.05) is 26.0 Å². The van der Waals surface area contributed by atoms with Crippen molar-refractivity contribution in [2.75, 3.05) is 13.2 Å². The number of hydrogen-bond donors (Lipinski definition) is 1. The number of rotatable bonds is 4. The first-order valence-corrected chi connectivity index (χ1v) is 6.88. The van der Waals surface area contributed by atoms with Crippen molar-refractivity contribution in [3.63, 3.8) is 0 Å². The molecule has 5 heteroatoms. The van der Waals surface area contributed by atoms with Gasteiger partial charge >= 0.3 is 0 Å². The summed E-state index contributed by atoms with van der Waals surface area (Å²) in [6.07, 6.45) is 0. The van der Waals surface area contributed by atoms with Crippen molar-refractivity contribution < 1.29 is 19.1 Å². The molecule has 2 aromatic carbocycles. The van der Waals surface area contributed by atoms with Crippen molar-refractivity contribution in [3.8, 4) is 11.5 Å². The molecule has 0 radical (unpaired) electrons. The van der Waals surface area contributed by atoms with E-state index in [0.717, 1.165) is 5.39 Å². The highest BCUT2D eigenvalue weighted by Gasteiger charge is 2.30. The molecule has 21 heavy (non-hydrogen) atoms. The first-order valence-electron chi connectivity index (χ1n) is 6.88. The quantitative estimate of drug-likeness (QED) is 0.877. The summed E-state index contributed by atoms with van der Waals surface area (Å²) >= 11 is 0. The van der Waals surface area contributed by atoms with Gasteiger partial charge in [0.25, 0.3) is 11.8 Å². The Morgan fingerprint density at radius 2 is 1.81 bits per heavy atom. The van der Waals surface area contributed by atoms with E-state index in [-0.39, 0.29) is 5.91 Å². The Morgan fingerprint density at radius 3 is 2.52 bits per heavy atom. The van der Waals surface area contributed by atoms with Gasteiger partial charge < -0.3 is 9.47 Å². The Hall–Kier alpha value is -2.56. The zero-order valence-electron chi connectivity index (χ0n) is 11.9. The fraction of sp³-hybridized carbons (Fsp3) is 0.250. The molecule has 0 saturated heterocycles. The summed E-state index contributed by atoms with van der Waals surface area (Å²) < 4.78 is 11.2. The van der Waals surface area contributed by atoms with Crippen LogP contribution in [-0.4, -0.2) is 25.0 Å². The maximum atomic E-state index is 12.3. The normalized spacial score (nSPS) is 13.2. The van der Waals surface area contributed by atoms with Crippen molar-refractivity contribution in [1.29, 1.82) is 0 Å². The van der Waals surface area contributed by atoms with Gasteiger partial charge in [-0.05, 0) is 31.4 Å². The van der Waals surface area contributed by atoms with Crippen LogP contribution >= 0.6 is 0 Å². The zero-order valence-corrected chi connectivity index (χ0v) is 11.9. The minimum Gasteiger partial charge on any atom is -0.490 e. The Labute approximate surface area is 121 Å². The number of carbonyl (C=O) groups is 2. The molecular formula is C16H15NO4. The zero-order chi connectivity index (χ0) is 15.0. The van der Waals surface area contributed by atoms with Gasteiger partial charge in [0.2, 0.25) is 0 Å². The molecular weight excluding hydrogens is 270 g/mol. The molecule has 0 fully saturated rings. The molecule has 2 amide bonds. The molecule has 0 unspecified atom stereocenters. The number of imide groups is 1. The summed E-state index contributed by atoms with van der Waals surface area (Å²) in [6.45, 7) is 4.57. The summed E-state index contributed by atoms with van der Waals surface area (Å²) in [7, 11) is 0. The lowest BCUT2D eigenvalue weighted by molar-refractivity contribution is 0.0842. The van der Waals surface area contributed by atoms with Gasteiger partial charge in [-0.1, -0.05) is 12.1 Å². The van der Waals surface area contributed by atoms with Crippen LogP contribution in [0.25, 0.3) is 10.8 Å². The third-order valence-electron chi connectivity index (χ3n) is 3.37. The summed E-state index contributed by atoms with van der Waals surface area (Å²) in [5.74, 6) is 0.0752. The van der Waals surface area contributed by atoms with Crippen LogP contribution in [0.1, 0.15) is 34.6 Å². The topological polar surface area (TPSA) is 64.6 Å². The number of benzene rings is 2. The molecule has 0 spiro atoms.